The van der Waals surface area contributed by atoms with Crippen LogP contribution in [0.15, 0.2) is 150 Å². The standard InChI is InChI=1S/C64H65BN2O/c1-60(2,3)43-26-28-44(29-27-43)66-54-34-42(40-20-14-12-15-21-40)35-55-57(54)65(59-58(66)46-36-47-50(39-56(46)68-59)64(10,11)33-30-61(47,4)5)51-37-48-49(63(8,9)32-31-62(48,6)7)38-53(51)67(55)52-25-19-18-24-45(52)41-22-16-13-17-23-41/h12-29,34-39H,30-33H2,1-11H3. The summed E-state index contributed by atoms with van der Waals surface area (Å²) in [5.74, 6) is 0. The van der Waals surface area contributed by atoms with Crippen molar-refractivity contribution in [3.05, 3.63) is 173 Å². The number of furan rings is 1. The zero-order valence-corrected chi connectivity index (χ0v) is 42.1. The summed E-state index contributed by atoms with van der Waals surface area (Å²) in [7, 11) is 0. The Balaban J connectivity index is 1.25. The van der Waals surface area contributed by atoms with Crippen molar-refractivity contribution in [3.63, 3.8) is 0 Å². The number of anilines is 6. The summed E-state index contributed by atoms with van der Waals surface area (Å²) >= 11 is 0. The third kappa shape index (κ3) is 6.45. The molecule has 3 heterocycles. The second-order valence-corrected chi connectivity index (χ2v) is 24.3. The number of fused-ring (bicyclic) bond motifs is 8. The van der Waals surface area contributed by atoms with Gasteiger partial charge in [0.25, 0.3) is 6.71 Å². The largest absolute Gasteiger partial charge is 0.468 e. The number of benzene rings is 7. The Kier molecular flexibility index (Phi) is 9.26. The van der Waals surface area contributed by atoms with Gasteiger partial charge in [0, 0.05) is 33.7 Å². The van der Waals surface area contributed by atoms with Crippen LogP contribution in [0.1, 0.15) is 130 Å². The molecule has 0 atom stereocenters. The fraction of sp³-hybridized carbons (Fsp3) is 0.312. The second kappa shape index (κ2) is 14.6. The molecule has 0 amide bonds. The van der Waals surface area contributed by atoms with Crippen molar-refractivity contribution in [1.82, 2.24) is 0 Å². The number of para-hydroxylation sites is 1. The maximum absolute atomic E-state index is 7.68. The lowest BCUT2D eigenvalue weighted by molar-refractivity contribution is 0.332. The van der Waals surface area contributed by atoms with Gasteiger partial charge in [0.05, 0.1) is 17.0 Å². The molecule has 68 heavy (non-hydrogen) atoms. The molecule has 3 nitrogen and oxygen atoms in total. The van der Waals surface area contributed by atoms with Gasteiger partial charge in [-0.15, -0.1) is 0 Å². The molecule has 2 aliphatic heterocycles. The average molecular weight is 889 g/mol. The molecular formula is C64H65BN2O. The van der Waals surface area contributed by atoms with E-state index >= 15 is 0 Å². The second-order valence-electron chi connectivity index (χ2n) is 24.3. The highest BCUT2D eigenvalue weighted by Crippen LogP contribution is 2.54. The quantitative estimate of drug-likeness (QED) is 0.164. The lowest BCUT2D eigenvalue weighted by Crippen LogP contribution is -2.61. The Bertz CT molecular complexity index is 3330. The van der Waals surface area contributed by atoms with Crippen LogP contribution >= 0.6 is 0 Å². The minimum absolute atomic E-state index is 0.00755. The van der Waals surface area contributed by atoms with Gasteiger partial charge in [0.15, 0.2) is 0 Å². The van der Waals surface area contributed by atoms with Crippen molar-refractivity contribution < 1.29 is 4.42 Å². The number of hydrogen-bond donors (Lipinski definition) is 0. The summed E-state index contributed by atoms with van der Waals surface area (Å²) < 4.78 is 7.68. The molecule has 0 spiro atoms. The predicted molar refractivity (Wildman–Crippen MR) is 290 cm³/mol. The van der Waals surface area contributed by atoms with Crippen molar-refractivity contribution in [2.24, 2.45) is 0 Å². The first-order valence-corrected chi connectivity index (χ1v) is 25.2. The van der Waals surface area contributed by atoms with E-state index in [-0.39, 0.29) is 33.8 Å². The average Bonchev–Trinajstić information content (AvgIpc) is 3.70. The SMILES string of the molecule is CC(C)(C)c1ccc(N2c3cc(-c4ccccc4)cc4c3B(c3cc5c(cc3N4c3ccccc3-c3ccccc3)C(C)(C)CCC5(C)C)c3oc4cc5c(cc4c32)C(C)(C)CCC5(C)C)cc1. The molecule has 0 fully saturated rings. The van der Waals surface area contributed by atoms with Crippen LogP contribution in [0, 0.1) is 0 Å². The van der Waals surface area contributed by atoms with Gasteiger partial charge in [-0.3, -0.25) is 0 Å². The van der Waals surface area contributed by atoms with E-state index in [9.17, 15) is 0 Å². The minimum Gasteiger partial charge on any atom is -0.468 e. The summed E-state index contributed by atoms with van der Waals surface area (Å²) in [5.41, 5.74) is 23.7. The summed E-state index contributed by atoms with van der Waals surface area (Å²) in [6.07, 6.45) is 4.58. The highest BCUT2D eigenvalue weighted by atomic mass is 16.3. The lowest BCUT2D eigenvalue weighted by atomic mass is 9.35. The molecule has 0 radical (unpaired) electrons. The molecule has 0 unspecified atom stereocenters. The van der Waals surface area contributed by atoms with E-state index in [2.05, 4.69) is 232 Å². The van der Waals surface area contributed by atoms with Crippen LogP contribution < -0.4 is 26.4 Å². The third-order valence-corrected chi connectivity index (χ3v) is 16.9. The highest BCUT2D eigenvalue weighted by molar-refractivity contribution is 7.00. The van der Waals surface area contributed by atoms with E-state index in [1.807, 2.05) is 0 Å². The molecular weight excluding hydrogens is 824 g/mol. The van der Waals surface area contributed by atoms with Crippen molar-refractivity contribution >= 4 is 68.4 Å². The van der Waals surface area contributed by atoms with Gasteiger partial charge in [-0.05, 0) is 157 Å². The van der Waals surface area contributed by atoms with Gasteiger partial charge < -0.3 is 14.2 Å². The first kappa shape index (κ1) is 43.1. The monoisotopic (exact) mass is 889 g/mol. The Morgan fingerprint density at radius 3 is 1.59 bits per heavy atom. The fourth-order valence-electron chi connectivity index (χ4n) is 12.6. The molecule has 340 valence electrons. The Morgan fingerprint density at radius 1 is 0.471 bits per heavy atom. The van der Waals surface area contributed by atoms with E-state index in [0.29, 0.717) is 0 Å². The van der Waals surface area contributed by atoms with Crippen LogP contribution in [0.5, 0.6) is 0 Å². The molecule has 1 aromatic heterocycles. The van der Waals surface area contributed by atoms with Gasteiger partial charge in [-0.2, -0.15) is 0 Å². The van der Waals surface area contributed by atoms with Gasteiger partial charge in [-0.1, -0.05) is 173 Å². The maximum Gasteiger partial charge on any atom is 0.297 e. The van der Waals surface area contributed by atoms with Gasteiger partial charge in [0.2, 0.25) is 0 Å². The van der Waals surface area contributed by atoms with E-state index in [1.54, 1.807) is 0 Å². The van der Waals surface area contributed by atoms with Crippen molar-refractivity contribution in [1.29, 1.82) is 0 Å². The molecule has 0 saturated carbocycles. The highest BCUT2D eigenvalue weighted by Gasteiger charge is 2.50. The van der Waals surface area contributed by atoms with Crippen molar-refractivity contribution in [2.75, 3.05) is 9.80 Å². The normalized spacial score (nSPS) is 18.1. The molecule has 12 rings (SSSR count). The molecule has 2 aliphatic carbocycles. The number of rotatable bonds is 4. The van der Waals surface area contributed by atoms with Gasteiger partial charge in [0.1, 0.15) is 5.58 Å². The first-order valence-electron chi connectivity index (χ1n) is 25.2. The molecule has 4 aliphatic rings. The van der Waals surface area contributed by atoms with E-state index < -0.39 is 0 Å². The molecule has 8 aromatic rings. The summed E-state index contributed by atoms with van der Waals surface area (Å²) in [4.78, 5) is 5.22. The number of hydrogen-bond acceptors (Lipinski definition) is 3. The predicted octanol–water partition coefficient (Wildman–Crippen LogP) is 15.8. The van der Waals surface area contributed by atoms with E-state index in [0.717, 1.165) is 42.6 Å². The van der Waals surface area contributed by atoms with Crippen LogP contribution in [0.4, 0.5) is 34.1 Å². The molecule has 0 N–H and O–H groups in total. The zero-order chi connectivity index (χ0) is 47.3. The van der Waals surface area contributed by atoms with E-state index in [1.165, 1.54) is 94.8 Å². The minimum atomic E-state index is -0.156. The molecule has 0 saturated heterocycles. The summed E-state index contributed by atoms with van der Waals surface area (Å²) in [5, 5.41) is 1.19. The first-order chi connectivity index (χ1) is 32.3. The Labute approximate surface area is 405 Å². The molecule has 4 heteroatoms. The topological polar surface area (TPSA) is 19.6 Å². The van der Waals surface area contributed by atoms with E-state index in [4.69, 9.17) is 4.42 Å². The van der Waals surface area contributed by atoms with Crippen LogP contribution in [-0.4, -0.2) is 6.71 Å². The van der Waals surface area contributed by atoms with Crippen LogP contribution in [0.3, 0.4) is 0 Å². The van der Waals surface area contributed by atoms with Gasteiger partial charge >= 0.3 is 0 Å². The van der Waals surface area contributed by atoms with Crippen LogP contribution in [-0.2, 0) is 27.1 Å². The summed E-state index contributed by atoms with van der Waals surface area (Å²) in [6.45, 7) is 26.4. The summed E-state index contributed by atoms with van der Waals surface area (Å²) in [6, 6.07) is 55.6. The van der Waals surface area contributed by atoms with Crippen LogP contribution in [0.2, 0.25) is 0 Å². The smallest absolute Gasteiger partial charge is 0.297 e. The third-order valence-electron chi connectivity index (χ3n) is 16.9. The molecule has 7 aromatic carbocycles. The lowest BCUT2D eigenvalue weighted by Gasteiger charge is -2.47. The molecule has 0 bridgehead atoms. The number of nitrogens with zero attached hydrogens (tertiary/aromatic N) is 2. The fourth-order valence-corrected chi connectivity index (χ4v) is 12.6. The van der Waals surface area contributed by atoms with Crippen molar-refractivity contribution in [2.45, 2.75) is 129 Å². The van der Waals surface area contributed by atoms with Gasteiger partial charge in [-0.25, -0.2) is 0 Å². The maximum atomic E-state index is 7.68. The zero-order valence-electron chi connectivity index (χ0n) is 42.1. The van der Waals surface area contributed by atoms with Crippen LogP contribution in [0.25, 0.3) is 33.2 Å². The Hall–Kier alpha value is -6.26. The van der Waals surface area contributed by atoms with Crippen molar-refractivity contribution in [3.8, 4) is 22.3 Å². The Morgan fingerprint density at radius 2 is 0.985 bits per heavy atom.